The Morgan fingerprint density at radius 2 is 2.08 bits per heavy atom. The number of benzene rings is 1. The lowest BCUT2D eigenvalue weighted by molar-refractivity contribution is 0.622. The van der Waals surface area contributed by atoms with Crippen molar-refractivity contribution in [3.8, 4) is 0 Å². The Balaban J connectivity index is 3.32. The van der Waals surface area contributed by atoms with E-state index >= 15 is 0 Å². The van der Waals surface area contributed by atoms with Gasteiger partial charge in [0.1, 0.15) is 5.82 Å². The average Bonchev–Trinajstić information content (AvgIpc) is 1.96. The summed E-state index contributed by atoms with van der Waals surface area (Å²) in [5, 5.41) is 0. The molecule has 0 radical (unpaired) electrons. The second-order valence-electron chi connectivity index (χ2n) is 2.24. The van der Waals surface area contributed by atoms with Gasteiger partial charge in [-0.05, 0) is 18.6 Å². The van der Waals surface area contributed by atoms with Gasteiger partial charge in [-0.3, -0.25) is 0 Å². The van der Waals surface area contributed by atoms with E-state index < -0.39 is 16.3 Å². The monoisotopic (exact) mass is 187 g/mol. The van der Waals surface area contributed by atoms with Crippen molar-refractivity contribution in [1.29, 1.82) is 0 Å². The molecule has 1 aromatic carbocycles. The Bertz CT molecular complexity index is 417. The normalized spacial score (nSPS) is 9.50. The minimum atomic E-state index is -2.53. The van der Waals surface area contributed by atoms with E-state index in [1.54, 1.807) is 6.92 Å². The van der Waals surface area contributed by atoms with Crippen LogP contribution in [-0.2, 0) is 10.5 Å². The van der Waals surface area contributed by atoms with Crippen LogP contribution in [0.2, 0.25) is 0 Å². The van der Waals surface area contributed by atoms with Gasteiger partial charge in [-0.15, -0.1) is 4.36 Å². The standard InChI is InChI=1S/C7H6FNO2S/c1-5-2-3-6(8)4-7(5)9-12(10)11/h2-4H,1H3. The van der Waals surface area contributed by atoms with Crippen LogP contribution in [0.15, 0.2) is 22.6 Å². The molecule has 0 amide bonds. The number of rotatable bonds is 1. The molecule has 5 heteroatoms. The Morgan fingerprint density at radius 3 is 2.67 bits per heavy atom. The van der Waals surface area contributed by atoms with Crippen LogP contribution in [0, 0.1) is 12.7 Å². The van der Waals surface area contributed by atoms with Gasteiger partial charge < -0.3 is 0 Å². The fraction of sp³-hybridized carbons (Fsp3) is 0.143. The summed E-state index contributed by atoms with van der Waals surface area (Å²) in [7, 11) is -2.53. The molecule has 0 saturated heterocycles. The van der Waals surface area contributed by atoms with Crippen molar-refractivity contribution in [2.45, 2.75) is 6.92 Å². The molecule has 0 aromatic heterocycles. The summed E-state index contributed by atoms with van der Waals surface area (Å²) >= 11 is 0. The lowest BCUT2D eigenvalue weighted by Crippen LogP contribution is -1.77. The van der Waals surface area contributed by atoms with Crippen molar-refractivity contribution >= 4 is 16.2 Å². The zero-order valence-electron chi connectivity index (χ0n) is 6.28. The van der Waals surface area contributed by atoms with Crippen LogP contribution >= 0.6 is 0 Å². The van der Waals surface area contributed by atoms with E-state index in [4.69, 9.17) is 0 Å². The van der Waals surface area contributed by atoms with E-state index in [0.29, 0.717) is 5.56 Å². The quantitative estimate of drug-likeness (QED) is 0.673. The van der Waals surface area contributed by atoms with Gasteiger partial charge in [0.05, 0.1) is 5.69 Å². The second-order valence-corrected chi connectivity index (χ2v) is 2.86. The maximum atomic E-state index is 12.5. The average molecular weight is 187 g/mol. The summed E-state index contributed by atoms with van der Waals surface area (Å²) in [4.78, 5) is 0. The highest BCUT2D eigenvalue weighted by molar-refractivity contribution is 7.61. The molecule has 0 N–H and O–H groups in total. The molecule has 0 aliphatic carbocycles. The zero-order valence-corrected chi connectivity index (χ0v) is 7.10. The van der Waals surface area contributed by atoms with Crippen molar-refractivity contribution in [3.63, 3.8) is 0 Å². The van der Waals surface area contributed by atoms with Crippen LogP contribution in [0.3, 0.4) is 0 Å². The highest BCUT2D eigenvalue weighted by atomic mass is 32.2. The first-order valence-corrected chi connectivity index (χ1v) is 4.20. The Morgan fingerprint density at radius 1 is 1.42 bits per heavy atom. The molecule has 0 atom stereocenters. The van der Waals surface area contributed by atoms with Gasteiger partial charge in [0, 0.05) is 6.07 Å². The first-order chi connectivity index (χ1) is 5.59. The fourth-order valence-corrected chi connectivity index (χ4v) is 1.12. The van der Waals surface area contributed by atoms with E-state index in [-0.39, 0.29) is 5.69 Å². The molecular weight excluding hydrogens is 181 g/mol. The molecule has 0 unspecified atom stereocenters. The molecule has 1 aromatic rings. The van der Waals surface area contributed by atoms with Crippen LogP contribution in [0.5, 0.6) is 0 Å². The van der Waals surface area contributed by atoms with Crippen LogP contribution in [-0.4, -0.2) is 8.42 Å². The van der Waals surface area contributed by atoms with Gasteiger partial charge in [-0.1, -0.05) is 6.07 Å². The number of halogens is 1. The SMILES string of the molecule is Cc1ccc(F)cc1N=S(=O)=O. The number of hydrogen-bond acceptors (Lipinski definition) is 3. The van der Waals surface area contributed by atoms with Crippen molar-refractivity contribution in [1.82, 2.24) is 0 Å². The zero-order chi connectivity index (χ0) is 9.14. The lowest BCUT2D eigenvalue weighted by atomic mass is 10.2. The Hall–Kier alpha value is -1.23. The lowest BCUT2D eigenvalue weighted by Gasteiger charge is -1.95. The first kappa shape index (κ1) is 8.86. The molecule has 0 aliphatic heterocycles. The van der Waals surface area contributed by atoms with Crippen LogP contribution in [0.4, 0.5) is 10.1 Å². The van der Waals surface area contributed by atoms with Gasteiger partial charge in [-0.25, -0.2) is 4.39 Å². The molecule has 0 saturated carbocycles. The van der Waals surface area contributed by atoms with Crippen LogP contribution in [0.25, 0.3) is 0 Å². The number of nitrogens with zero attached hydrogens (tertiary/aromatic N) is 1. The van der Waals surface area contributed by atoms with Gasteiger partial charge in [0.2, 0.25) is 0 Å². The number of hydrogen-bond donors (Lipinski definition) is 0. The predicted octanol–water partition coefficient (Wildman–Crippen LogP) is 1.83. The molecule has 0 fully saturated rings. The van der Waals surface area contributed by atoms with Gasteiger partial charge in [-0.2, -0.15) is 8.42 Å². The summed E-state index contributed by atoms with van der Waals surface area (Å²) < 4.78 is 36.0. The summed E-state index contributed by atoms with van der Waals surface area (Å²) in [6.07, 6.45) is 0. The highest BCUT2D eigenvalue weighted by Gasteiger charge is 1.97. The number of aryl methyl sites for hydroxylation is 1. The third-order valence-corrected chi connectivity index (χ3v) is 1.69. The van der Waals surface area contributed by atoms with Crippen LogP contribution in [0.1, 0.15) is 5.56 Å². The largest absolute Gasteiger partial charge is 0.316 e. The smallest absolute Gasteiger partial charge is 0.207 e. The highest BCUT2D eigenvalue weighted by Crippen LogP contribution is 2.18. The summed E-state index contributed by atoms with van der Waals surface area (Å²) in [6.45, 7) is 1.66. The molecule has 64 valence electrons. The van der Waals surface area contributed by atoms with Crippen molar-refractivity contribution < 1.29 is 12.8 Å². The van der Waals surface area contributed by atoms with Gasteiger partial charge in [0.15, 0.2) is 0 Å². The topological polar surface area (TPSA) is 46.5 Å². The minimum absolute atomic E-state index is 0.142. The molecule has 12 heavy (non-hydrogen) atoms. The second kappa shape index (κ2) is 3.44. The summed E-state index contributed by atoms with van der Waals surface area (Å²) in [5.41, 5.74) is 0.768. The first-order valence-electron chi connectivity index (χ1n) is 3.17. The molecule has 0 heterocycles. The van der Waals surface area contributed by atoms with Crippen LogP contribution < -0.4 is 0 Å². The summed E-state index contributed by atoms with van der Waals surface area (Å²) in [6, 6.07) is 3.80. The fourth-order valence-electron chi connectivity index (χ4n) is 0.761. The Kier molecular flexibility index (Phi) is 2.54. The van der Waals surface area contributed by atoms with Gasteiger partial charge >= 0.3 is 10.5 Å². The van der Waals surface area contributed by atoms with Crippen molar-refractivity contribution in [2.75, 3.05) is 0 Å². The van der Waals surface area contributed by atoms with E-state index in [2.05, 4.69) is 4.36 Å². The van der Waals surface area contributed by atoms with Crippen molar-refractivity contribution in [2.24, 2.45) is 4.36 Å². The van der Waals surface area contributed by atoms with Gasteiger partial charge in [0.25, 0.3) is 0 Å². The molecule has 0 aliphatic rings. The van der Waals surface area contributed by atoms with E-state index in [1.165, 1.54) is 12.1 Å². The Labute approximate surface area is 70.6 Å². The third-order valence-electron chi connectivity index (χ3n) is 1.34. The molecule has 0 bridgehead atoms. The third kappa shape index (κ3) is 2.13. The molecule has 1 rings (SSSR count). The molecular formula is C7H6FNO2S. The van der Waals surface area contributed by atoms with E-state index in [9.17, 15) is 12.8 Å². The van der Waals surface area contributed by atoms with Crippen molar-refractivity contribution in [3.05, 3.63) is 29.6 Å². The maximum absolute atomic E-state index is 12.5. The predicted molar refractivity (Wildman–Crippen MR) is 42.1 cm³/mol. The van der Waals surface area contributed by atoms with E-state index in [1.807, 2.05) is 0 Å². The minimum Gasteiger partial charge on any atom is -0.207 e. The molecule has 0 spiro atoms. The van der Waals surface area contributed by atoms with E-state index in [0.717, 1.165) is 6.07 Å². The molecule has 3 nitrogen and oxygen atoms in total. The summed E-state index contributed by atoms with van der Waals surface area (Å²) in [5.74, 6) is -0.496. The maximum Gasteiger partial charge on any atom is 0.316 e.